The van der Waals surface area contributed by atoms with Gasteiger partial charge >= 0.3 is 0 Å². The van der Waals surface area contributed by atoms with Crippen molar-refractivity contribution in [2.24, 2.45) is 0 Å². The molecule has 0 radical (unpaired) electrons. The average molecular weight is 376 g/mol. The van der Waals surface area contributed by atoms with Gasteiger partial charge in [-0.1, -0.05) is 18.2 Å². The van der Waals surface area contributed by atoms with Crippen LogP contribution in [0.3, 0.4) is 0 Å². The van der Waals surface area contributed by atoms with Crippen LogP contribution in [-0.4, -0.2) is 17.8 Å². The van der Waals surface area contributed by atoms with Crippen molar-refractivity contribution in [2.45, 2.75) is 26.9 Å². The molecule has 0 fully saturated rings. The molecule has 23 heavy (non-hydrogen) atoms. The van der Waals surface area contributed by atoms with Crippen molar-refractivity contribution in [3.63, 3.8) is 0 Å². The van der Waals surface area contributed by atoms with Crippen LogP contribution in [0.25, 0.3) is 0 Å². The maximum absolute atomic E-state index is 12.3. The molecule has 0 aliphatic rings. The number of rotatable bonds is 5. The number of halogens is 1. The third-order valence-electron chi connectivity index (χ3n) is 3.32. The van der Waals surface area contributed by atoms with Gasteiger partial charge in [0, 0.05) is 5.56 Å². The molecular weight excluding hydrogens is 358 g/mol. The number of aryl methyl sites for hydroxylation is 1. The van der Waals surface area contributed by atoms with E-state index in [1.807, 2.05) is 25.1 Å². The zero-order valence-corrected chi connectivity index (χ0v) is 14.8. The first kappa shape index (κ1) is 17.2. The molecule has 1 N–H and O–H groups in total. The lowest BCUT2D eigenvalue weighted by Gasteiger charge is -2.17. The van der Waals surface area contributed by atoms with E-state index in [0.717, 1.165) is 10.0 Å². The Morgan fingerprint density at radius 1 is 1.17 bits per heavy atom. The van der Waals surface area contributed by atoms with Crippen molar-refractivity contribution in [1.82, 2.24) is 0 Å². The number of hydrogen-bond acceptors (Lipinski definition) is 3. The van der Waals surface area contributed by atoms with Crippen LogP contribution < -0.4 is 10.1 Å². The Bertz CT molecular complexity index is 743. The van der Waals surface area contributed by atoms with E-state index in [1.54, 1.807) is 31.2 Å². The van der Waals surface area contributed by atoms with Crippen LogP contribution in [0.15, 0.2) is 46.9 Å². The van der Waals surface area contributed by atoms with Gasteiger partial charge in [0.15, 0.2) is 11.9 Å². The molecule has 1 atom stereocenters. The molecule has 1 unspecified atom stereocenters. The van der Waals surface area contributed by atoms with Gasteiger partial charge in [-0.25, -0.2) is 0 Å². The first-order valence-electron chi connectivity index (χ1n) is 7.22. The summed E-state index contributed by atoms with van der Waals surface area (Å²) in [5.74, 6) is 0.181. The maximum Gasteiger partial charge on any atom is 0.265 e. The number of hydrogen-bond donors (Lipinski definition) is 1. The summed E-state index contributed by atoms with van der Waals surface area (Å²) in [6.07, 6.45) is -0.700. The first-order valence-corrected chi connectivity index (χ1v) is 8.01. The van der Waals surface area contributed by atoms with Gasteiger partial charge in [-0.15, -0.1) is 0 Å². The molecule has 0 aliphatic heterocycles. The first-order chi connectivity index (χ1) is 10.9. The maximum atomic E-state index is 12.3. The number of Topliss-reactive ketones (excluding diaryl/α,β-unsaturated/α-hetero) is 1. The largest absolute Gasteiger partial charge is 0.480 e. The fourth-order valence-electron chi connectivity index (χ4n) is 2.08. The standard InChI is InChI=1S/C18H18BrNO3/c1-11-8-9-17(15(19)10-11)23-13(3)18(22)20-16-7-5-4-6-14(16)12(2)21/h4-10,13H,1-3H3,(H,20,22). The SMILES string of the molecule is CC(=O)c1ccccc1NC(=O)C(C)Oc1ccc(C)cc1Br. The van der Waals surface area contributed by atoms with Crippen LogP contribution in [0.4, 0.5) is 5.69 Å². The molecule has 2 aromatic rings. The summed E-state index contributed by atoms with van der Waals surface area (Å²) in [4.78, 5) is 23.9. The minimum Gasteiger partial charge on any atom is -0.480 e. The molecule has 5 heteroatoms. The summed E-state index contributed by atoms with van der Waals surface area (Å²) in [6.45, 7) is 5.11. The van der Waals surface area contributed by atoms with Crippen LogP contribution in [-0.2, 0) is 4.79 Å². The number of carbonyl (C=O) groups excluding carboxylic acids is 2. The Morgan fingerprint density at radius 3 is 2.52 bits per heavy atom. The molecular formula is C18H18BrNO3. The van der Waals surface area contributed by atoms with Crippen LogP contribution in [0.1, 0.15) is 29.8 Å². The van der Waals surface area contributed by atoms with Crippen molar-refractivity contribution in [3.05, 3.63) is 58.1 Å². The van der Waals surface area contributed by atoms with Crippen LogP contribution in [0.2, 0.25) is 0 Å². The van der Waals surface area contributed by atoms with Crippen molar-refractivity contribution >= 4 is 33.3 Å². The number of ether oxygens (including phenoxy) is 1. The second kappa shape index (κ2) is 7.42. The van der Waals surface area contributed by atoms with E-state index in [-0.39, 0.29) is 11.7 Å². The number of benzene rings is 2. The third kappa shape index (κ3) is 4.42. The van der Waals surface area contributed by atoms with Gasteiger partial charge in [0.25, 0.3) is 5.91 Å². The topological polar surface area (TPSA) is 55.4 Å². The normalized spacial score (nSPS) is 11.7. The Balaban J connectivity index is 2.10. The number of amides is 1. The highest BCUT2D eigenvalue weighted by Gasteiger charge is 2.18. The number of nitrogens with one attached hydrogen (secondary N) is 1. The van der Waals surface area contributed by atoms with Crippen molar-refractivity contribution < 1.29 is 14.3 Å². The summed E-state index contributed by atoms with van der Waals surface area (Å²) < 4.78 is 6.48. The predicted octanol–water partition coefficient (Wildman–Crippen LogP) is 4.37. The van der Waals surface area contributed by atoms with E-state index in [9.17, 15) is 9.59 Å². The van der Waals surface area contributed by atoms with E-state index in [4.69, 9.17) is 4.74 Å². The lowest BCUT2D eigenvalue weighted by Crippen LogP contribution is -2.30. The molecule has 1 amide bonds. The van der Waals surface area contributed by atoms with Gasteiger partial charge in [0.1, 0.15) is 5.75 Å². The Kier molecular flexibility index (Phi) is 5.55. The quantitative estimate of drug-likeness (QED) is 0.789. The van der Waals surface area contributed by atoms with Gasteiger partial charge in [0.05, 0.1) is 10.2 Å². The highest BCUT2D eigenvalue weighted by molar-refractivity contribution is 9.10. The van der Waals surface area contributed by atoms with E-state index >= 15 is 0 Å². The third-order valence-corrected chi connectivity index (χ3v) is 3.94. The minimum atomic E-state index is -0.700. The van der Waals surface area contributed by atoms with Crippen molar-refractivity contribution in [2.75, 3.05) is 5.32 Å². The smallest absolute Gasteiger partial charge is 0.265 e. The summed E-state index contributed by atoms with van der Waals surface area (Å²) in [5.41, 5.74) is 2.06. The predicted molar refractivity (Wildman–Crippen MR) is 94.0 cm³/mol. The van der Waals surface area contributed by atoms with Gasteiger partial charge in [-0.05, 0) is 66.5 Å². The lowest BCUT2D eigenvalue weighted by molar-refractivity contribution is -0.122. The summed E-state index contributed by atoms with van der Waals surface area (Å²) in [7, 11) is 0. The Morgan fingerprint density at radius 2 is 1.87 bits per heavy atom. The van der Waals surface area contributed by atoms with Gasteiger partial charge in [0.2, 0.25) is 0 Å². The van der Waals surface area contributed by atoms with Crippen LogP contribution in [0, 0.1) is 6.92 Å². The molecule has 2 aromatic carbocycles. The van der Waals surface area contributed by atoms with Gasteiger partial charge in [-0.3, -0.25) is 9.59 Å². The van der Waals surface area contributed by atoms with Crippen molar-refractivity contribution in [1.29, 1.82) is 0 Å². The lowest BCUT2D eigenvalue weighted by atomic mass is 10.1. The molecule has 2 rings (SSSR count). The molecule has 0 heterocycles. The van der Waals surface area contributed by atoms with Crippen LogP contribution in [0.5, 0.6) is 5.75 Å². The highest BCUT2D eigenvalue weighted by Crippen LogP contribution is 2.27. The summed E-state index contributed by atoms with van der Waals surface area (Å²) in [5, 5.41) is 2.74. The van der Waals surface area contributed by atoms with E-state index < -0.39 is 6.10 Å². The molecule has 0 bridgehead atoms. The molecule has 0 aromatic heterocycles. The molecule has 0 aliphatic carbocycles. The van der Waals surface area contributed by atoms with E-state index in [1.165, 1.54) is 6.92 Å². The second-order valence-corrected chi connectivity index (χ2v) is 6.14. The number of para-hydroxylation sites is 1. The number of anilines is 1. The molecule has 4 nitrogen and oxygen atoms in total. The number of ketones is 1. The molecule has 0 spiro atoms. The summed E-state index contributed by atoms with van der Waals surface area (Å²) >= 11 is 3.42. The van der Waals surface area contributed by atoms with E-state index in [0.29, 0.717) is 17.0 Å². The summed E-state index contributed by atoms with van der Waals surface area (Å²) in [6, 6.07) is 12.6. The Hall–Kier alpha value is -2.14. The fourth-order valence-corrected chi connectivity index (χ4v) is 2.67. The Labute approximate surface area is 144 Å². The second-order valence-electron chi connectivity index (χ2n) is 5.28. The zero-order chi connectivity index (χ0) is 17.0. The van der Waals surface area contributed by atoms with Gasteiger partial charge in [-0.2, -0.15) is 0 Å². The molecule has 0 saturated carbocycles. The molecule has 120 valence electrons. The van der Waals surface area contributed by atoms with Gasteiger partial charge < -0.3 is 10.1 Å². The minimum absolute atomic E-state index is 0.101. The monoisotopic (exact) mass is 375 g/mol. The fraction of sp³-hybridized carbons (Fsp3) is 0.222. The number of carbonyl (C=O) groups is 2. The average Bonchev–Trinajstić information content (AvgIpc) is 2.50. The highest BCUT2D eigenvalue weighted by atomic mass is 79.9. The van der Waals surface area contributed by atoms with E-state index in [2.05, 4.69) is 21.2 Å². The molecule has 0 saturated heterocycles. The zero-order valence-electron chi connectivity index (χ0n) is 13.2. The van der Waals surface area contributed by atoms with Crippen LogP contribution >= 0.6 is 15.9 Å². The van der Waals surface area contributed by atoms with Crippen molar-refractivity contribution in [3.8, 4) is 5.75 Å².